The highest BCUT2D eigenvalue weighted by molar-refractivity contribution is 5.81. The average Bonchev–Trinajstić information content (AvgIpc) is 2.00. The number of amidine groups is 1. The molecule has 3 N–H and O–H groups in total. The molecule has 0 aliphatic rings. The SMILES string of the molecule is COCCN(C)CC(N)=NO. The van der Waals surface area contributed by atoms with E-state index < -0.39 is 0 Å². The molecule has 0 aromatic heterocycles. The molecule has 0 fully saturated rings. The summed E-state index contributed by atoms with van der Waals surface area (Å²) < 4.78 is 4.84. The Morgan fingerprint density at radius 3 is 2.82 bits per heavy atom. The summed E-state index contributed by atoms with van der Waals surface area (Å²) in [5.41, 5.74) is 5.26. The van der Waals surface area contributed by atoms with Crippen LogP contribution < -0.4 is 5.73 Å². The molecule has 0 atom stereocenters. The quantitative estimate of drug-likeness (QED) is 0.242. The highest BCUT2D eigenvalue weighted by Crippen LogP contribution is 1.81. The summed E-state index contributed by atoms with van der Waals surface area (Å²) in [6, 6.07) is 0. The molecule has 0 spiro atoms. The Bertz CT molecular complexity index is 127. The van der Waals surface area contributed by atoms with E-state index in [4.69, 9.17) is 15.7 Å². The molecule has 0 amide bonds. The highest BCUT2D eigenvalue weighted by Gasteiger charge is 1.99. The van der Waals surface area contributed by atoms with Gasteiger partial charge in [-0.05, 0) is 7.05 Å². The number of ether oxygens (including phenoxy) is 1. The van der Waals surface area contributed by atoms with E-state index in [2.05, 4.69) is 5.16 Å². The third kappa shape index (κ3) is 5.63. The lowest BCUT2D eigenvalue weighted by molar-refractivity contribution is 0.167. The highest BCUT2D eigenvalue weighted by atomic mass is 16.5. The maximum atomic E-state index is 8.21. The molecule has 0 aliphatic carbocycles. The van der Waals surface area contributed by atoms with Crippen LogP contribution in [0.5, 0.6) is 0 Å². The van der Waals surface area contributed by atoms with Crippen molar-refractivity contribution in [3.63, 3.8) is 0 Å². The Labute approximate surface area is 66.4 Å². The van der Waals surface area contributed by atoms with E-state index >= 15 is 0 Å². The number of nitrogens with zero attached hydrogens (tertiary/aromatic N) is 2. The molecule has 66 valence electrons. The van der Waals surface area contributed by atoms with Gasteiger partial charge >= 0.3 is 0 Å². The van der Waals surface area contributed by atoms with E-state index in [1.54, 1.807) is 7.11 Å². The van der Waals surface area contributed by atoms with Crippen LogP contribution in [-0.2, 0) is 4.74 Å². The minimum absolute atomic E-state index is 0.212. The van der Waals surface area contributed by atoms with E-state index in [0.717, 1.165) is 6.54 Å². The van der Waals surface area contributed by atoms with Crippen LogP contribution in [0.2, 0.25) is 0 Å². The summed E-state index contributed by atoms with van der Waals surface area (Å²) in [6.07, 6.45) is 0. The van der Waals surface area contributed by atoms with Gasteiger partial charge in [0.15, 0.2) is 5.84 Å². The van der Waals surface area contributed by atoms with Crippen LogP contribution >= 0.6 is 0 Å². The fraction of sp³-hybridized carbons (Fsp3) is 0.833. The molecule has 0 aromatic carbocycles. The molecule has 11 heavy (non-hydrogen) atoms. The number of hydrogen-bond acceptors (Lipinski definition) is 4. The number of likely N-dealkylation sites (N-methyl/N-ethyl adjacent to an activating group) is 1. The Morgan fingerprint density at radius 2 is 2.36 bits per heavy atom. The van der Waals surface area contributed by atoms with Crippen LogP contribution in [0.1, 0.15) is 0 Å². The minimum atomic E-state index is 0.212. The van der Waals surface area contributed by atoms with Gasteiger partial charge in [-0.2, -0.15) is 0 Å². The van der Waals surface area contributed by atoms with Gasteiger partial charge in [0.25, 0.3) is 0 Å². The van der Waals surface area contributed by atoms with Crippen molar-refractivity contribution in [2.75, 3.05) is 33.9 Å². The predicted octanol–water partition coefficient (Wildman–Crippen LogP) is -0.689. The second-order valence-corrected chi connectivity index (χ2v) is 2.32. The van der Waals surface area contributed by atoms with Crippen molar-refractivity contribution in [1.29, 1.82) is 0 Å². The van der Waals surface area contributed by atoms with E-state index in [0.29, 0.717) is 13.2 Å². The van der Waals surface area contributed by atoms with Crippen LogP contribution in [0.4, 0.5) is 0 Å². The first-order valence-corrected chi connectivity index (χ1v) is 3.34. The smallest absolute Gasteiger partial charge is 0.153 e. The second-order valence-electron chi connectivity index (χ2n) is 2.32. The number of rotatable bonds is 5. The Kier molecular flexibility index (Phi) is 5.50. The zero-order valence-corrected chi connectivity index (χ0v) is 6.95. The monoisotopic (exact) mass is 161 g/mol. The van der Waals surface area contributed by atoms with Crippen molar-refractivity contribution >= 4 is 5.84 Å². The fourth-order valence-electron chi connectivity index (χ4n) is 0.634. The summed E-state index contributed by atoms with van der Waals surface area (Å²) >= 11 is 0. The van der Waals surface area contributed by atoms with Gasteiger partial charge in [-0.3, -0.25) is 4.90 Å². The fourth-order valence-corrected chi connectivity index (χ4v) is 0.634. The normalized spacial score (nSPS) is 12.5. The van der Waals surface area contributed by atoms with Gasteiger partial charge in [-0.15, -0.1) is 0 Å². The van der Waals surface area contributed by atoms with Crippen molar-refractivity contribution in [3.05, 3.63) is 0 Å². The number of methoxy groups -OCH3 is 1. The average molecular weight is 161 g/mol. The number of nitrogens with two attached hydrogens (primary N) is 1. The standard InChI is InChI=1S/C6H15N3O2/c1-9(3-4-11-2)5-6(7)8-10/h10H,3-5H2,1-2H3,(H2,7,8). The van der Waals surface area contributed by atoms with E-state index in [1.165, 1.54) is 0 Å². The number of hydrogen-bond donors (Lipinski definition) is 2. The van der Waals surface area contributed by atoms with Crippen LogP contribution in [0.25, 0.3) is 0 Å². The summed E-state index contributed by atoms with van der Waals surface area (Å²) in [5.74, 6) is 0.212. The number of oxime groups is 1. The molecule has 0 radical (unpaired) electrons. The van der Waals surface area contributed by atoms with Crippen LogP contribution in [0, 0.1) is 0 Å². The first-order valence-electron chi connectivity index (χ1n) is 3.34. The molecule has 0 unspecified atom stereocenters. The molecular formula is C6H15N3O2. The molecule has 0 bridgehead atoms. The summed E-state index contributed by atoms with van der Waals surface area (Å²) in [4.78, 5) is 1.90. The van der Waals surface area contributed by atoms with Gasteiger partial charge in [0.05, 0.1) is 13.2 Å². The molecule has 0 aromatic rings. The van der Waals surface area contributed by atoms with Gasteiger partial charge in [-0.25, -0.2) is 0 Å². The van der Waals surface area contributed by atoms with E-state index in [1.807, 2.05) is 11.9 Å². The Balaban J connectivity index is 3.43. The third-order valence-electron chi connectivity index (χ3n) is 1.24. The minimum Gasteiger partial charge on any atom is -0.409 e. The lowest BCUT2D eigenvalue weighted by Crippen LogP contribution is -2.33. The van der Waals surface area contributed by atoms with Gasteiger partial charge in [0.1, 0.15) is 0 Å². The maximum absolute atomic E-state index is 8.21. The zero-order chi connectivity index (χ0) is 8.69. The van der Waals surface area contributed by atoms with Crippen LogP contribution in [0.3, 0.4) is 0 Å². The Hall–Kier alpha value is -0.810. The molecule has 0 heterocycles. The first kappa shape index (κ1) is 10.2. The van der Waals surface area contributed by atoms with E-state index in [-0.39, 0.29) is 5.84 Å². The molecular weight excluding hydrogens is 146 g/mol. The molecule has 0 saturated heterocycles. The van der Waals surface area contributed by atoms with Gasteiger partial charge in [0, 0.05) is 13.7 Å². The maximum Gasteiger partial charge on any atom is 0.153 e. The van der Waals surface area contributed by atoms with Crippen molar-refractivity contribution < 1.29 is 9.94 Å². The van der Waals surface area contributed by atoms with Crippen molar-refractivity contribution in [2.24, 2.45) is 10.9 Å². The third-order valence-corrected chi connectivity index (χ3v) is 1.24. The van der Waals surface area contributed by atoms with Gasteiger partial charge in [0.2, 0.25) is 0 Å². The van der Waals surface area contributed by atoms with Gasteiger partial charge < -0.3 is 15.7 Å². The Morgan fingerprint density at radius 1 is 1.73 bits per heavy atom. The van der Waals surface area contributed by atoms with E-state index in [9.17, 15) is 0 Å². The lowest BCUT2D eigenvalue weighted by atomic mass is 10.5. The summed E-state index contributed by atoms with van der Waals surface area (Å²) in [6.45, 7) is 1.88. The largest absolute Gasteiger partial charge is 0.409 e. The molecule has 0 rings (SSSR count). The van der Waals surface area contributed by atoms with Gasteiger partial charge in [-0.1, -0.05) is 5.16 Å². The predicted molar refractivity (Wildman–Crippen MR) is 42.8 cm³/mol. The molecule has 5 heteroatoms. The molecule has 0 saturated carbocycles. The first-order chi connectivity index (χ1) is 5.20. The van der Waals surface area contributed by atoms with Crippen molar-refractivity contribution in [3.8, 4) is 0 Å². The van der Waals surface area contributed by atoms with Crippen molar-refractivity contribution in [2.45, 2.75) is 0 Å². The molecule has 0 aliphatic heterocycles. The summed E-state index contributed by atoms with van der Waals surface area (Å²) in [5, 5.41) is 11.1. The molecule has 5 nitrogen and oxygen atoms in total. The topological polar surface area (TPSA) is 71.1 Å². The summed E-state index contributed by atoms with van der Waals surface area (Å²) in [7, 11) is 3.51. The van der Waals surface area contributed by atoms with Crippen LogP contribution in [-0.4, -0.2) is 49.8 Å². The lowest BCUT2D eigenvalue weighted by Gasteiger charge is -2.13. The second kappa shape index (κ2) is 5.94. The zero-order valence-electron chi connectivity index (χ0n) is 6.95. The van der Waals surface area contributed by atoms with Crippen molar-refractivity contribution in [1.82, 2.24) is 4.90 Å². The van der Waals surface area contributed by atoms with Crippen LogP contribution in [0.15, 0.2) is 5.16 Å².